The molecule has 0 saturated heterocycles. The SMILES string of the molecule is c1ccc(N(c2ccc(C34CC5CC(CC(C5)C3)C4)cc2)c2cccc(N(c3ccccc3)c3cccc4oc5ccccc5c34)c2)cc1. The summed E-state index contributed by atoms with van der Waals surface area (Å²) < 4.78 is 6.34. The molecule has 0 N–H and O–H groups in total. The van der Waals surface area contributed by atoms with E-state index in [9.17, 15) is 0 Å². The first-order chi connectivity index (χ1) is 24.2. The largest absolute Gasteiger partial charge is 0.456 e. The Bertz CT molecular complexity index is 2240. The summed E-state index contributed by atoms with van der Waals surface area (Å²) in [5, 5.41) is 2.24. The highest BCUT2D eigenvalue weighted by Crippen LogP contribution is 2.61. The van der Waals surface area contributed by atoms with E-state index in [-0.39, 0.29) is 0 Å². The van der Waals surface area contributed by atoms with Gasteiger partial charge in [-0.2, -0.15) is 0 Å². The van der Waals surface area contributed by atoms with Crippen molar-refractivity contribution in [3.8, 4) is 0 Å². The number of nitrogens with zero attached hydrogens (tertiary/aromatic N) is 2. The summed E-state index contributed by atoms with van der Waals surface area (Å²) in [5.74, 6) is 2.81. The third-order valence-electron chi connectivity index (χ3n) is 11.8. The summed E-state index contributed by atoms with van der Waals surface area (Å²) in [6.07, 6.45) is 8.58. The van der Waals surface area contributed by atoms with E-state index in [0.717, 1.165) is 68.1 Å². The van der Waals surface area contributed by atoms with Gasteiger partial charge < -0.3 is 14.2 Å². The molecule has 0 radical (unpaired) electrons. The number of hydrogen-bond acceptors (Lipinski definition) is 3. The van der Waals surface area contributed by atoms with E-state index in [1.807, 2.05) is 6.07 Å². The summed E-state index contributed by atoms with van der Waals surface area (Å²) in [6, 6.07) is 54.9. The minimum Gasteiger partial charge on any atom is -0.456 e. The van der Waals surface area contributed by atoms with Crippen molar-refractivity contribution in [2.75, 3.05) is 9.80 Å². The maximum Gasteiger partial charge on any atom is 0.137 e. The Morgan fingerprint density at radius 3 is 1.63 bits per heavy atom. The molecule has 11 rings (SSSR count). The molecular weight excluding hydrogens is 597 g/mol. The van der Waals surface area contributed by atoms with Crippen LogP contribution in [-0.4, -0.2) is 0 Å². The number of para-hydroxylation sites is 3. The lowest BCUT2D eigenvalue weighted by Crippen LogP contribution is -2.48. The fourth-order valence-electron chi connectivity index (χ4n) is 10.2. The van der Waals surface area contributed by atoms with Gasteiger partial charge in [-0.05, 0) is 140 Å². The summed E-state index contributed by atoms with van der Waals surface area (Å²) in [4.78, 5) is 4.77. The molecule has 4 fully saturated rings. The van der Waals surface area contributed by atoms with Gasteiger partial charge in [0, 0.05) is 33.8 Å². The maximum atomic E-state index is 6.34. The Balaban J connectivity index is 1.09. The van der Waals surface area contributed by atoms with Crippen LogP contribution in [-0.2, 0) is 5.41 Å². The van der Waals surface area contributed by atoms with E-state index in [2.05, 4.69) is 155 Å². The number of rotatable bonds is 7. The van der Waals surface area contributed by atoms with Gasteiger partial charge in [0.2, 0.25) is 0 Å². The molecule has 4 aliphatic rings. The Hall–Kier alpha value is -5.28. The van der Waals surface area contributed by atoms with E-state index in [1.54, 1.807) is 5.56 Å². The third kappa shape index (κ3) is 4.86. The molecule has 6 aromatic carbocycles. The van der Waals surface area contributed by atoms with Gasteiger partial charge in [0.05, 0.1) is 11.1 Å². The van der Waals surface area contributed by atoms with Crippen LogP contribution in [0.1, 0.15) is 44.1 Å². The predicted octanol–water partition coefficient (Wildman–Crippen LogP) is 13.0. The second kappa shape index (κ2) is 11.4. The molecule has 7 aromatic rings. The third-order valence-corrected chi connectivity index (χ3v) is 11.8. The van der Waals surface area contributed by atoms with Crippen LogP contribution in [0.3, 0.4) is 0 Å². The van der Waals surface area contributed by atoms with E-state index in [1.165, 1.54) is 44.2 Å². The molecule has 4 bridgehead atoms. The van der Waals surface area contributed by atoms with Gasteiger partial charge in [0.15, 0.2) is 0 Å². The van der Waals surface area contributed by atoms with Crippen molar-refractivity contribution in [2.24, 2.45) is 17.8 Å². The molecule has 49 heavy (non-hydrogen) atoms. The van der Waals surface area contributed by atoms with Crippen molar-refractivity contribution in [3.05, 3.63) is 157 Å². The fraction of sp³-hybridized carbons (Fsp3) is 0.217. The van der Waals surface area contributed by atoms with Crippen LogP contribution >= 0.6 is 0 Å². The van der Waals surface area contributed by atoms with Crippen LogP contribution in [0.5, 0.6) is 0 Å². The fourth-order valence-corrected chi connectivity index (χ4v) is 10.2. The van der Waals surface area contributed by atoms with Crippen LogP contribution in [0.4, 0.5) is 34.1 Å². The smallest absolute Gasteiger partial charge is 0.137 e. The molecule has 0 amide bonds. The zero-order chi connectivity index (χ0) is 32.4. The maximum absolute atomic E-state index is 6.34. The highest BCUT2D eigenvalue weighted by Gasteiger charge is 2.51. The number of anilines is 6. The predicted molar refractivity (Wildman–Crippen MR) is 203 cm³/mol. The lowest BCUT2D eigenvalue weighted by atomic mass is 9.48. The lowest BCUT2D eigenvalue weighted by Gasteiger charge is -2.57. The minimum absolute atomic E-state index is 0.388. The zero-order valence-corrected chi connectivity index (χ0v) is 27.7. The molecular formula is C46H40N2O. The summed E-state index contributed by atoms with van der Waals surface area (Å²) >= 11 is 0. The second-order valence-electron chi connectivity index (χ2n) is 14.9. The first-order valence-corrected chi connectivity index (χ1v) is 18.0. The van der Waals surface area contributed by atoms with Crippen molar-refractivity contribution in [2.45, 2.75) is 43.9 Å². The summed E-state index contributed by atoms with van der Waals surface area (Å²) in [6.45, 7) is 0. The number of furan rings is 1. The monoisotopic (exact) mass is 636 g/mol. The number of hydrogen-bond donors (Lipinski definition) is 0. The van der Waals surface area contributed by atoms with E-state index in [4.69, 9.17) is 4.42 Å². The Morgan fingerprint density at radius 2 is 0.959 bits per heavy atom. The topological polar surface area (TPSA) is 19.6 Å². The molecule has 3 heteroatoms. The van der Waals surface area contributed by atoms with Crippen LogP contribution in [0.15, 0.2) is 156 Å². The van der Waals surface area contributed by atoms with Gasteiger partial charge in [-0.3, -0.25) is 0 Å². The number of benzene rings is 6. The molecule has 240 valence electrons. The normalized spacial score (nSPS) is 22.5. The van der Waals surface area contributed by atoms with Crippen molar-refractivity contribution in [1.82, 2.24) is 0 Å². The van der Waals surface area contributed by atoms with Gasteiger partial charge >= 0.3 is 0 Å². The molecule has 0 spiro atoms. The van der Waals surface area contributed by atoms with Crippen LogP contribution in [0, 0.1) is 17.8 Å². The van der Waals surface area contributed by atoms with Crippen molar-refractivity contribution < 1.29 is 4.42 Å². The molecule has 1 heterocycles. The first-order valence-electron chi connectivity index (χ1n) is 18.0. The summed E-state index contributed by atoms with van der Waals surface area (Å²) in [5.41, 5.74) is 10.5. The highest BCUT2D eigenvalue weighted by molar-refractivity contribution is 6.13. The molecule has 1 aromatic heterocycles. The number of fused-ring (bicyclic) bond motifs is 3. The average molecular weight is 637 g/mol. The van der Waals surface area contributed by atoms with E-state index >= 15 is 0 Å². The highest BCUT2D eigenvalue weighted by atomic mass is 16.3. The van der Waals surface area contributed by atoms with Gasteiger partial charge in [-0.1, -0.05) is 78.9 Å². The first kappa shape index (κ1) is 28.7. The van der Waals surface area contributed by atoms with Crippen molar-refractivity contribution in [1.29, 1.82) is 0 Å². The van der Waals surface area contributed by atoms with Crippen LogP contribution in [0.25, 0.3) is 21.9 Å². The second-order valence-corrected chi connectivity index (χ2v) is 14.9. The molecule has 4 saturated carbocycles. The Kier molecular flexibility index (Phi) is 6.69. The quantitative estimate of drug-likeness (QED) is 0.174. The Morgan fingerprint density at radius 1 is 0.449 bits per heavy atom. The Labute approximate surface area is 288 Å². The average Bonchev–Trinajstić information content (AvgIpc) is 3.52. The molecule has 0 aliphatic heterocycles. The lowest BCUT2D eigenvalue weighted by molar-refractivity contribution is -0.00518. The van der Waals surface area contributed by atoms with Gasteiger partial charge in [0.25, 0.3) is 0 Å². The zero-order valence-electron chi connectivity index (χ0n) is 27.7. The van der Waals surface area contributed by atoms with Crippen molar-refractivity contribution >= 4 is 56.1 Å². The molecule has 0 atom stereocenters. The molecule has 3 nitrogen and oxygen atoms in total. The molecule has 0 unspecified atom stereocenters. The van der Waals surface area contributed by atoms with Crippen LogP contribution in [0.2, 0.25) is 0 Å². The summed E-state index contributed by atoms with van der Waals surface area (Å²) in [7, 11) is 0. The van der Waals surface area contributed by atoms with Gasteiger partial charge in [-0.25, -0.2) is 0 Å². The van der Waals surface area contributed by atoms with Crippen LogP contribution < -0.4 is 9.80 Å². The standard InChI is InChI=1S/C46H40N2O/c1-3-11-36(12-4-1)47(38-23-21-35(22-24-38)46-29-32-25-33(30-46)27-34(26-32)31-46)39-15-9-16-40(28-39)48(37-13-5-2-6-14-37)42-18-10-20-44-45(42)41-17-7-8-19-43(41)49-44/h1-24,28,32-34H,25-27,29-31H2. The van der Waals surface area contributed by atoms with Gasteiger partial charge in [-0.15, -0.1) is 0 Å². The van der Waals surface area contributed by atoms with Gasteiger partial charge in [0.1, 0.15) is 11.2 Å². The van der Waals surface area contributed by atoms with Crippen molar-refractivity contribution in [3.63, 3.8) is 0 Å². The van der Waals surface area contributed by atoms with E-state index in [0.29, 0.717) is 5.41 Å². The minimum atomic E-state index is 0.388. The molecule has 4 aliphatic carbocycles. The van der Waals surface area contributed by atoms with E-state index < -0.39 is 0 Å².